The van der Waals surface area contributed by atoms with Crippen molar-refractivity contribution < 1.29 is 4.74 Å². The Morgan fingerprint density at radius 1 is 1.15 bits per heavy atom. The molecule has 1 unspecified atom stereocenters. The molecule has 2 rings (SSSR count). The van der Waals surface area contributed by atoms with Gasteiger partial charge in [-0.1, -0.05) is 34.1 Å². The van der Waals surface area contributed by atoms with Crippen LogP contribution in [-0.2, 0) is 6.42 Å². The van der Waals surface area contributed by atoms with E-state index in [1.165, 1.54) is 16.7 Å². The predicted molar refractivity (Wildman–Crippen MR) is 87.2 cm³/mol. The zero-order valence-corrected chi connectivity index (χ0v) is 13.7. The molecule has 0 spiro atoms. The molecule has 20 heavy (non-hydrogen) atoms. The molecule has 2 N–H and O–H groups in total. The van der Waals surface area contributed by atoms with Crippen LogP contribution in [0.5, 0.6) is 5.75 Å². The number of ether oxygens (including phenoxy) is 1. The van der Waals surface area contributed by atoms with E-state index in [0.29, 0.717) is 0 Å². The second kappa shape index (κ2) is 6.42. The van der Waals surface area contributed by atoms with Gasteiger partial charge in [0.2, 0.25) is 0 Å². The number of aryl methyl sites for hydroxylation is 2. The van der Waals surface area contributed by atoms with Gasteiger partial charge in [-0.2, -0.15) is 0 Å². The molecule has 0 aliphatic rings. The minimum Gasteiger partial charge on any atom is -0.496 e. The first-order valence-corrected chi connectivity index (χ1v) is 7.46. The average molecular weight is 334 g/mol. The van der Waals surface area contributed by atoms with Crippen molar-refractivity contribution in [3.05, 3.63) is 63.1 Å². The molecule has 2 nitrogen and oxygen atoms in total. The van der Waals surface area contributed by atoms with E-state index in [0.717, 1.165) is 22.2 Å². The molecule has 0 amide bonds. The predicted octanol–water partition coefficient (Wildman–Crippen LogP) is 4.32. The Hall–Kier alpha value is -1.32. The summed E-state index contributed by atoms with van der Waals surface area (Å²) in [6.45, 7) is 4.22. The summed E-state index contributed by atoms with van der Waals surface area (Å²) in [6.07, 6.45) is 0.758. The zero-order chi connectivity index (χ0) is 14.7. The van der Waals surface area contributed by atoms with Gasteiger partial charge in [-0.3, -0.25) is 0 Å². The van der Waals surface area contributed by atoms with Gasteiger partial charge in [0.1, 0.15) is 5.75 Å². The van der Waals surface area contributed by atoms with Crippen LogP contribution < -0.4 is 10.5 Å². The molecule has 0 fully saturated rings. The summed E-state index contributed by atoms with van der Waals surface area (Å²) in [5.74, 6) is 0.884. The number of hydrogen-bond acceptors (Lipinski definition) is 2. The maximum atomic E-state index is 6.43. The minimum atomic E-state index is -0.0283. The first kappa shape index (κ1) is 15.1. The number of methoxy groups -OCH3 is 1. The van der Waals surface area contributed by atoms with Crippen molar-refractivity contribution in [1.82, 2.24) is 0 Å². The lowest BCUT2D eigenvalue weighted by Crippen LogP contribution is -2.16. The van der Waals surface area contributed by atoms with Crippen LogP contribution in [0.2, 0.25) is 0 Å². The van der Waals surface area contributed by atoms with Crippen molar-refractivity contribution in [1.29, 1.82) is 0 Å². The van der Waals surface area contributed by atoms with Crippen LogP contribution in [0.25, 0.3) is 0 Å². The van der Waals surface area contributed by atoms with Crippen LogP contribution in [0.1, 0.15) is 28.3 Å². The molecule has 0 saturated heterocycles. The van der Waals surface area contributed by atoms with E-state index in [1.807, 2.05) is 12.1 Å². The van der Waals surface area contributed by atoms with Crippen molar-refractivity contribution in [2.24, 2.45) is 5.73 Å². The molecule has 0 aromatic heterocycles. The van der Waals surface area contributed by atoms with Crippen molar-refractivity contribution in [2.75, 3.05) is 7.11 Å². The summed E-state index contributed by atoms with van der Waals surface area (Å²) < 4.78 is 6.46. The van der Waals surface area contributed by atoms with E-state index in [2.05, 4.69) is 54.0 Å². The first-order chi connectivity index (χ1) is 9.52. The Bertz CT molecular complexity index is 590. The van der Waals surface area contributed by atoms with Crippen LogP contribution >= 0.6 is 15.9 Å². The third-order valence-corrected chi connectivity index (χ3v) is 4.09. The van der Waals surface area contributed by atoms with Gasteiger partial charge in [0.25, 0.3) is 0 Å². The van der Waals surface area contributed by atoms with Gasteiger partial charge in [0, 0.05) is 10.5 Å². The lowest BCUT2D eigenvalue weighted by molar-refractivity contribution is 0.408. The number of hydrogen-bond donors (Lipinski definition) is 1. The van der Waals surface area contributed by atoms with Gasteiger partial charge < -0.3 is 10.5 Å². The number of benzene rings is 2. The lowest BCUT2D eigenvalue weighted by atomic mass is 9.92. The molecule has 0 aliphatic carbocycles. The minimum absolute atomic E-state index is 0.0283. The van der Waals surface area contributed by atoms with Gasteiger partial charge in [0.05, 0.1) is 7.11 Å². The van der Waals surface area contributed by atoms with E-state index < -0.39 is 0 Å². The molecule has 106 valence electrons. The third kappa shape index (κ3) is 3.22. The third-order valence-electron chi connectivity index (χ3n) is 3.60. The quantitative estimate of drug-likeness (QED) is 0.904. The molecule has 0 heterocycles. The maximum Gasteiger partial charge on any atom is 0.122 e. The average Bonchev–Trinajstić information content (AvgIpc) is 2.38. The van der Waals surface area contributed by atoms with Gasteiger partial charge in [0.15, 0.2) is 0 Å². The normalized spacial score (nSPS) is 12.2. The molecule has 2 aromatic rings. The summed E-state index contributed by atoms with van der Waals surface area (Å²) in [5.41, 5.74) is 11.3. The van der Waals surface area contributed by atoms with Crippen LogP contribution in [0.15, 0.2) is 40.9 Å². The second-order valence-corrected chi connectivity index (χ2v) is 5.99. The molecule has 3 heteroatoms. The van der Waals surface area contributed by atoms with Crippen molar-refractivity contribution in [3.8, 4) is 5.75 Å². The van der Waals surface area contributed by atoms with Crippen molar-refractivity contribution in [3.63, 3.8) is 0 Å². The Labute approximate surface area is 129 Å². The molecule has 0 aliphatic heterocycles. The number of rotatable bonds is 4. The number of nitrogens with two attached hydrogens (primary N) is 1. The van der Waals surface area contributed by atoms with Gasteiger partial charge in [-0.05, 0) is 60.7 Å². The van der Waals surface area contributed by atoms with Crippen LogP contribution in [0, 0.1) is 13.8 Å². The fourth-order valence-corrected chi connectivity index (χ4v) is 3.07. The van der Waals surface area contributed by atoms with Gasteiger partial charge in [-0.15, -0.1) is 0 Å². The molecular weight excluding hydrogens is 314 g/mol. The largest absolute Gasteiger partial charge is 0.496 e. The Kier molecular flexibility index (Phi) is 4.84. The van der Waals surface area contributed by atoms with Crippen LogP contribution in [0.3, 0.4) is 0 Å². The summed E-state index contributed by atoms with van der Waals surface area (Å²) in [4.78, 5) is 0. The van der Waals surface area contributed by atoms with Gasteiger partial charge >= 0.3 is 0 Å². The Morgan fingerprint density at radius 3 is 2.40 bits per heavy atom. The highest BCUT2D eigenvalue weighted by Gasteiger charge is 2.15. The SMILES string of the molecule is COc1ccc(Br)cc1CC(N)c1c(C)cccc1C. The Morgan fingerprint density at radius 2 is 1.80 bits per heavy atom. The van der Waals surface area contributed by atoms with Crippen molar-refractivity contribution in [2.45, 2.75) is 26.3 Å². The summed E-state index contributed by atoms with van der Waals surface area (Å²) >= 11 is 3.50. The van der Waals surface area contributed by atoms with Crippen molar-refractivity contribution >= 4 is 15.9 Å². The highest BCUT2D eigenvalue weighted by atomic mass is 79.9. The van der Waals surface area contributed by atoms with Gasteiger partial charge in [-0.25, -0.2) is 0 Å². The fourth-order valence-electron chi connectivity index (χ4n) is 2.66. The zero-order valence-electron chi connectivity index (χ0n) is 12.1. The van der Waals surface area contributed by atoms with E-state index >= 15 is 0 Å². The monoisotopic (exact) mass is 333 g/mol. The molecule has 2 aromatic carbocycles. The summed E-state index contributed by atoms with van der Waals surface area (Å²) in [7, 11) is 1.69. The van der Waals surface area contributed by atoms with E-state index in [9.17, 15) is 0 Å². The smallest absolute Gasteiger partial charge is 0.122 e. The highest BCUT2D eigenvalue weighted by Crippen LogP contribution is 2.29. The van der Waals surface area contributed by atoms with E-state index in [4.69, 9.17) is 10.5 Å². The molecule has 0 saturated carbocycles. The molecule has 1 atom stereocenters. The molecule has 0 bridgehead atoms. The fraction of sp³-hybridized carbons (Fsp3) is 0.294. The summed E-state index contributed by atoms with van der Waals surface area (Å²) in [6, 6.07) is 12.3. The molecular formula is C17H20BrNO. The van der Waals surface area contributed by atoms with Crippen LogP contribution in [-0.4, -0.2) is 7.11 Å². The molecule has 0 radical (unpaired) electrons. The standard InChI is InChI=1S/C17H20BrNO/c1-11-5-4-6-12(2)17(11)15(19)10-13-9-14(18)7-8-16(13)20-3/h4-9,15H,10,19H2,1-3H3. The lowest BCUT2D eigenvalue weighted by Gasteiger charge is -2.19. The summed E-state index contributed by atoms with van der Waals surface area (Å²) in [5, 5.41) is 0. The van der Waals surface area contributed by atoms with E-state index in [1.54, 1.807) is 7.11 Å². The number of halogens is 1. The van der Waals surface area contributed by atoms with Crippen LogP contribution in [0.4, 0.5) is 0 Å². The topological polar surface area (TPSA) is 35.2 Å². The maximum absolute atomic E-state index is 6.43. The van der Waals surface area contributed by atoms with E-state index in [-0.39, 0.29) is 6.04 Å². The highest BCUT2D eigenvalue weighted by molar-refractivity contribution is 9.10. The first-order valence-electron chi connectivity index (χ1n) is 6.67. The Balaban J connectivity index is 2.32. The second-order valence-electron chi connectivity index (χ2n) is 5.07.